The van der Waals surface area contributed by atoms with Gasteiger partial charge in [-0.15, -0.1) is 0 Å². The fraction of sp³-hybridized carbons (Fsp3) is 0.882. The summed E-state index contributed by atoms with van der Waals surface area (Å²) in [5, 5.41) is 3.44. The lowest BCUT2D eigenvalue weighted by atomic mass is 9.98. The Bertz CT molecular complexity index is 408. The number of carbonyl (C=O) groups is 1. The zero-order valence-electron chi connectivity index (χ0n) is 14.1. The van der Waals surface area contributed by atoms with Crippen LogP contribution in [-0.2, 0) is 4.79 Å². The normalized spacial score (nSPS) is 23.1. The number of carbonyl (C=O) groups excluding carboxylic acids is 1. The van der Waals surface area contributed by atoms with Crippen LogP contribution in [0.4, 0.5) is 0 Å². The van der Waals surface area contributed by atoms with E-state index < -0.39 is 0 Å². The second-order valence-electron chi connectivity index (χ2n) is 7.03. The van der Waals surface area contributed by atoms with Crippen LogP contribution in [0.2, 0.25) is 0 Å². The molecule has 0 atom stereocenters. The van der Waals surface area contributed by atoms with E-state index in [9.17, 15) is 4.79 Å². The van der Waals surface area contributed by atoms with Gasteiger partial charge in [-0.05, 0) is 50.4 Å². The zero-order valence-corrected chi connectivity index (χ0v) is 14.1. The molecule has 1 saturated heterocycles. The molecule has 0 aromatic rings. The molecule has 0 bridgehead atoms. The van der Waals surface area contributed by atoms with Gasteiger partial charge in [0.25, 0.3) is 0 Å². The predicted molar refractivity (Wildman–Crippen MR) is 88.7 cm³/mol. The molecule has 0 radical (unpaired) electrons. The molecule has 124 valence electrons. The fourth-order valence-corrected chi connectivity index (χ4v) is 3.58. The van der Waals surface area contributed by atoms with Gasteiger partial charge in [-0.3, -0.25) is 9.79 Å². The Balaban J connectivity index is 1.57. The van der Waals surface area contributed by atoms with E-state index in [1.807, 2.05) is 4.90 Å². The summed E-state index contributed by atoms with van der Waals surface area (Å²) in [5.41, 5.74) is 0. The highest BCUT2D eigenvalue weighted by Crippen LogP contribution is 2.49. The van der Waals surface area contributed by atoms with E-state index in [0.29, 0.717) is 0 Å². The highest BCUT2D eigenvalue weighted by atomic mass is 16.2. The van der Waals surface area contributed by atoms with Crippen molar-refractivity contribution in [1.29, 1.82) is 0 Å². The largest absolute Gasteiger partial charge is 0.357 e. The van der Waals surface area contributed by atoms with Crippen molar-refractivity contribution in [2.24, 2.45) is 22.7 Å². The second-order valence-corrected chi connectivity index (χ2v) is 7.03. The first-order valence-electron chi connectivity index (χ1n) is 8.97. The van der Waals surface area contributed by atoms with E-state index in [1.54, 1.807) is 6.92 Å². The number of nitrogens with one attached hydrogen (secondary N) is 1. The van der Waals surface area contributed by atoms with Crippen LogP contribution in [0.15, 0.2) is 4.99 Å². The summed E-state index contributed by atoms with van der Waals surface area (Å²) in [6.45, 7) is 9.09. The highest BCUT2D eigenvalue weighted by Gasteiger charge is 2.41. The number of hydrogen-bond donors (Lipinski definition) is 1. The van der Waals surface area contributed by atoms with E-state index in [4.69, 9.17) is 4.99 Å². The van der Waals surface area contributed by atoms with Crippen molar-refractivity contribution in [2.75, 3.05) is 39.3 Å². The van der Waals surface area contributed by atoms with Crippen LogP contribution in [0.3, 0.4) is 0 Å². The van der Waals surface area contributed by atoms with Gasteiger partial charge in [0, 0.05) is 46.2 Å². The summed E-state index contributed by atoms with van der Waals surface area (Å²) >= 11 is 0. The van der Waals surface area contributed by atoms with Gasteiger partial charge < -0.3 is 15.1 Å². The Hall–Kier alpha value is -1.26. The van der Waals surface area contributed by atoms with Crippen molar-refractivity contribution in [3.63, 3.8) is 0 Å². The lowest BCUT2D eigenvalue weighted by molar-refractivity contribution is -0.130. The van der Waals surface area contributed by atoms with E-state index in [0.717, 1.165) is 63.0 Å². The molecule has 2 aliphatic carbocycles. The number of nitrogens with zero attached hydrogens (tertiary/aromatic N) is 3. The third kappa shape index (κ3) is 3.93. The van der Waals surface area contributed by atoms with Crippen molar-refractivity contribution in [3.8, 4) is 0 Å². The number of rotatable bonds is 5. The molecular weight excluding hydrogens is 276 g/mol. The van der Waals surface area contributed by atoms with Crippen LogP contribution < -0.4 is 5.32 Å². The maximum atomic E-state index is 11.4. The third-order valence-electron chi connectivity index (χ3n) is 5.27. The summed E-state index contributed by atoms with van der Waals surface area (Å²) in [4.78, 5) is 20.6. The topological polar surface area (TPSA) is 47.9 Å². The second kappa shape index (κ2) is 6.88. The Kier molecular flexibility index (Phi) is 4.89. The average Bonchev–Trinajstić information content (AvgIpc) is 3.39. The lowest BCUT2D eigenvalue weighted by Crippen LogP contribution is -2.53. The number of hydrogen-bond acceptors (Lipinski definition) is 2. The fourth-order valence-electron chi connectivity index (χ4n) is 3.58. The molecule has 0 aromatic heterocycles. The summed E-state index contributed by atoms with van der Waals surface area (Å²) in [5.74, 6) is 3.97. The monoisotopic (exact) mass is 306 g/mol. The standard InChI is InChI=1S/C17H30N4O/c1-3-18-17(21-10-8-20(9-11-21)13(2)22)19-12-16(14-4-5-14)15-6-7-15/h14-16H,3-12H2,1-2H3,(H,18,19). The maximum absolute atomic E-state index is 11.4. The van der Waals surface area contributed by atoms with E-state index >= 15 is 0 Å². The molecule has 0 aromatic carbocycles. The quantitative estimate of drug-likeness (QED) is 0.619. The van der Waals surface area contributed by atoms with E-state index in [2.05, 4.69) is 17.1 Å². The molecule has 1 amide bonds. The summed E-state index contributed by atoms with van der Waals surface area (Å²) in [6.07, 6.45) is 5.68. The lowest BCUT2D eigenvalue weighted by Gasteiger charge is -2.36. The van der Waals surface area contributed by atoms with Crippen molar-refractivity contribution in [3.05, 3.63) is 0 Å². The van der Waals surface area contributed by atoms with Crippen molar-refractivity contribution in [1.82, 2.24) is 15.1 Å². The first-order chi connectivity index (χ1) is 10.7. The van der Waals surface area contributed by atoms with Crippen molar-refractivity contribution >= 4 is 11.9 Å². The van der Waals surface area contributed by atoms with Gasteiger partial charge >= 0.3 is 0 Å². The number of amides is 1. The molecule has 22 heavy (non-hydrogen) atoms. The van der Waals surface area contributed by atoms with Gasteiger partial charge in [-0.2, -0.15) is 0 Å². The molecule has 1 heterocycles. The van der Waals surface area contributed by atoms with Crippen molar-refractivity contribution < 1.29 is 4.79 Å². The van der Waals surface area contributed by atoms with Gasteiger partial charge in [0.1, 0.15) is 0 Å². The van der Waals surface area contributed by atoms with Gasteiger partial charge in [-0.1, -0.05) is 0 Å². The molecule has 2 saturated carbocycles. The first kappa shape index (κ1) is 15.6. The molecule has 1 N–H and O–H groups in total. The molecule has 5 heteroatoms. The van der Waals surface area contributed by atoms with Gasteiger partial charge in [0.05, 0.1) is 0 Å². The minimum atomic E-state index is 0.184. The van der Waals surface area contributed by atoms with E-state index in [-0.39, 0.29) is 5.91 Å². The molecule has 3 aliphatic rings. The first-order valence-corrected chi connectivity index (χ1v) is 8.97. The minimum absolute atomic E-state index is 0.184. The van der Waals surface area contributed by atoms with Crippen LogP contribution in [0, 0.1) is 17.8 Å². The molecule has 1 aliphatic heterocycles. The summed E-state index contributed by atoms with van der Waals surface area (Å²) < 4.78 is 0. The summed E-state index contributed by atoms with van der Waals surface area (Å²) in [7, 11) is 0. The van der Waals surface area contributed by atoms with Crippen LogP contribution in [0.25, 0.3) is 0 Å². The van der Waals surface area contributed by atoms with Gasteiger partial charge in [-0.25, -0.2) is 0 Å². The maximum Gasteiger partial charge on any atom is 0.219 e. The molecule has 3 rings (SSSR count). The van der Waals surface area contributed by atoms with Crippen LogP contribution in [0.1, 0.15) is 39.5 Å². The molecule has 0 spiro atoms. The molecule has 3 fully saturated rings. The Morgan fingerprint density at radius 2 is 1.64 bits per heavy atom. The zero-order chi connectivity index (χ0) is 15.5. The van der Waals surface area contributed by atoms with Crippen LogP contribution >= 0.6 is 0 Å². The third-order valence-corrected chi connectivity index (χ3v) is 5.27. The summed E-state index contributed by atoms with van der Waals surface area (Å²) in [6, 6.07) is 0. The number of aliphatic imine (C=N–C) groups is 1. The van der Waals surface area contributed by atoms with Gasteiger partial charge in [0.2, 0.25) is 5.91 Å². The Morgan fingerprint density at radius 1 is 1.09 bits per heavy atom. The Morgan fingerprint density at radius 3 is 2.09 bits per heavy atom. The van der Waals surface area contributed by atoms with Gasteiger partial charge in [0.15, 0.2) is 5.96 Å². The average molecular weight is 306 g/mol. The Labute approximate surface area is 134 Å². The van der Waals surface area contributed by atoms with Crippen molar-refractivity contribution in [2.45, 2.75) is 39.5 Å². The SMILES string of the molecule is CCNC(=NCC(C1CC1)C1CC1)N1CCN(C(C)=O)CC1. The predicted octanol–water partition coefficient (Wildman–Crippen LogP) is 1.55. The smallest absolute Gasteiger partial charge is 0.219 e. The molecule has 5 nitrogen and oxygen atoms in total. The molecular formula is C17H30N4O. The highest BCUT2D eigenvalue weighted by molar-refractivity contribution is 5.80. The number of piperazine rings is 1. The van der Waals surface area contributed by atoms with Crippen LogP contribution in [-0.4, -0.2) is 60.9 Å². The van der Waals surface area contributed by atoms with E-state index in [1.165, 1.54) is 25.7 Å². The molecule has 0 unspecified atom stereocenters. The minimum Gasteiger partial charge on any atom is -0.357 e. The number of guanidine groups is 1. The van der Waals surface area contributed by atoms with Crippen LogP contribution in [0.5, 0.6) is 0 Å².